The fourth-order valence-electron chi connectivity index (χ4n) is 2.07. The van der Waals surface area contributed by atoms with Gasteiger partial charge in [-0.15, -0.1) is 13.2 Å². The molecule has 2 amide bonds. The fraction of sp³-hybridized carbons (Fsp3) is 0.533. The summed E-state index contributed by atoms with van der Waals surface area (Å²) in [7, 11) is 1.54. The van der Waals surface area contributed by atoms with E-state index < -0.39 is 18.4 Å². The Morgan fingerprint density at radius 3 is 2.17 bits per heavy atom. The summed E-state index contributed by atoms with van der Waals surface area (Å²) in [6.07, 6.45) is -4.76. The van der Waals surface area contributed by atoms with Crippen LogP contribution in [0.1, 0.15) is 20.8 Å². The molecule has 130 valence electrons. The smallest absolute Gasteiger partial charge is 0.406 e. The van der Waals surface area contributed by atoms with Crippen molar-refractivity contribution in [3.8, 4) is 5.75 Å². The molecule has 0 bridgehead atoms. The molecule has 1 rings (SSSR count). The highest BCUT2D eigenvalue weighted by Gasteiger charge is 2.32. The summed E-state index contributed by atoms with van der Waals surface area (Å²) in [5.41, 5.74) is -0.00686. The Hall–Kier alpha value is -1.96. The number of aliphatic hydroxyl groups is 1. The Morgan fingerprint density at radius 2 is 1.78 bits per heavy atom. The number of likely N-dealkylation sites (N-methyl/N-ethyl adjacent to an activating group) is 1. The molecule has 1 aromatic rings. The van der Waals surface area contributed by atoms with Crippen molar-refractivity contribution in [3.05, 3.63) is 24.3 Å². The molecule has 0 aliphatic heterocycles. The molecule has 0 aliphatic carbocycles. The van der Waals surface area contributed by atoms with Gasteiger partial charge in [-0.3, -0.25) is 0 Å². The van der Waals surface area contributed by atoms with Crippen LogP contribution in [0.25, 0.3) is 0 Å². The van der Waals surface area contributed by atoms with Crippen LogP contribution in [0, 0.1) is 5.41 Å². The highest BCUT2D eigenvalue weighted by atomic mass is 19.4. The van der Waals surface area contributed by atoms with Crippen molar-refractivity contribution in [1.82, 2.24) is 4.90 Å². The number of hydrogen-bond acceptors (Lipinski definition) is 3. The molecule has 1 unspecified atom stereocenters. The average Bonchev–Trinajstić information content (AvgIpc) is 2.38. The zero-order valence-electron chi connectivity index (χ0n) is 13.4. The molecule has 2 N–H and O–H groups in total. The first-order chi connectivity index (χ1) is 10.4. The third-order valence-electron chi connectivity index (χ3n) is 3.30. The Kier molecular flexibility index (Phi) is 5.87. The molecule has 0 fully saturated rings. The van der Waals surface area contributed by atoms with E-state index in [1.54, 1.807) is 7.05 Å². The van der Waals surface area contributed by atoms with Crippen molar-refractivity contribution in [2.75, 3.05) is 19.0 Å². The molecular formula is C15H21F3N2O3. The molecule has 0 aliphatic rings. The normalized spacial score (nSPS) is 13.4. The molecule has 0 heterocycles. The number of anilines is 1. The van der Waals surface area contributed by atoms with E-state index >= 15 is 0 Å². The quantitative estimate of drug-likeness (QED) is 0.886. The first-order valence-electron chi connectivity index (χ1n) is 6.94. The standard InChI is InChI=1S/C15H21F3N2O3/c1-14(2,3)12(9-21)20(4)13(22)19-10-5-7-11(8-6-10)23-15(16,17)18/h5-8,12,21H,9H2,1-4H3,(H,19,22). The molecule has 5 nitrogen and oxygen atoms in total. The number of urea groups is 1. The summed E-state index contributed by atoms with van der Waals surface area (Å²) in [5.74, 6) is -0.369. The summed E-state index contributed by atoms with van der Waals surface area (Å²) in [4.78, 5) is 13.5. The first kappa shape index (κ1) is 19.1. The predicted molar refractivity (Wildman–Crippen MR) is 80.2 cm³/mol. The highest BCUT2D eigenvalue weighted by Crippen LogP contribution is 2.25. The lowest BCUT2D eigenvalue weighted by Crippen LogP contribution is -2.48. The first-order valence-corrected chi connectivity index (χ1v) is 6.94. The lowest BCUT2D eigenvalue weighted by molar-refractivity contribution is -0.274. The van der Waals surface area contributed by atoms with E-state index in [0.717, 1.165) is 12.1 Å². The van der Waals surface area contributed by atoms with Crippen LogP contribution in [0.15, 0.2) is 24.3 Å². The Balaban J connectivity index is 2.74. The van der Waals surface area contributed by atoms with Crippen LogP contribution in [0.4, 0.5) is 23.7 Å². The van der Waals surface area contributed by atoms with Crippen molar-refractivity contribution in [1.29, 1.82) is 0 Å². The number of aliphatic hydroxyl groups excluding tert-OH is 1. The number of amides is 2. The van der Waals surface area contributed by atoms with Gasteiger partial charge in [-0.05, 0) is 29.7 Å². The summed E-state index contributed by atoms with van der Waals surface area (Å²) in [6, 6.07) is 3.95. The Labute approximate surface area is 133 Å². The van der Waals surface area contributed by atoms with E-state index in [1.807, 2.05) is 20.8 Å². The second-order valence-electron chi connectivity index (χ2n) is 6.18. The summed E-state index contributed by atoms with van der Waals surface area (Å²) < 4.78 is 40.0. The van der Waals surface area contributed by atoms with E-state index in [4.69, 9.17) is 0 Å². The third kappa shape index (κ3) is 5.97. The second-order valence-corrected chi connectivity index (χ2v) is 6.18. The Morgan fingerprint density at radius 1 is 1.26 bits per heavy atom. The molecule has 0 saturated heterocycles. The van der Waals surface area contributed by atoms with Crippen LogP contribution in [0.3, 0.4) is 0 Å². The number of rotatable bonds is 4. The fourth-order valence-corrected chi connectivity index (χ4v) is 2.07. The molecule has 1 aromatic carbocycles. The molecule has 0 aromatic heterocycles. The topological polar surface area (TPSA) is 61.8 Å². The van der Waals surface area contributed by atoms with E-state index in [-0.39, 0.29) is 17.8 Å². The molecule has 0 radical (unpaired) electrons. The maximum absolute atomic E-state index is 12.2. The number of alkyl halides is 3. The number of carbonyl (C=O) groups is 1. The lowest BCUT2D eigenvalue weighted by Gasteiger charge is -2.36. The number of carbonyl (C=O) groups excluding carboxylic acids is 1. The van der Waals surface area contributed by atoms with Crippen molar-refractivity contribution < 1.29 is 27.8 Å². The van der Waals surface area contributed by atoms with Gasteiger partial charge in [0.1, 0.15) is 5.75 Å². The van der Waals surface area contributed by atoms with Crippen LogP contribution in [0.2, 0.25) is 0 Å². The number of ether oxygens (including phenoxy) is 1. The van der Waals surface area contributed by atoms with Crippen molar-refractivity contribution in [2.24, 2.45) is 5.41 Å². The SMILES string of the molecule is CN(C(=O)Nc1ccc(OC(F)(F)F)cc1)C(CO)C(C)(C)C. The zero-order chi connectivity index (χ0) is 17.8. The van der Waals surface area contributed by atoms with E-state index in [0.29, 0.717) is 5.69 Å². The van der Waals surface area contributed by atoms with Gasteiger partial charge < -0.3 is 20.1 Å². The number of nitrogens with one attached hydrogen (secondary N) is 1. The molecule has 0 saturated carbocycles. The van der Waals surface area contributed by atoms with Gasteiger partial charge in [-0.1, -0.05) is 20.8 Å². The van der Waals surface area contributed by atoms with Gasteiger partial charge in [-0.2, -0.15) is 0 Å². The van der Waals surface area contributed by atoms with Crippen LogP contribution in [-0.4, -0.2) is 42.1 Å². The number of nitrogens with zero attached hydrogens (tertiary/aromatic N) is 1. The number of halogens is 3. The van der Waals surface area contributed by atoms with Crippen LogP contribution >= 0.6 is 0 Å². The third-order valence-corrected chi connectivity index (χ3v) is 3.30. The largest absolute Gasteiger partial charge is 0.573 e. The molecule has 1 atom stereocenters. The van der Waals surface area contributed by atoms with Gasteiger partial charge in [-0.25, -0.2) is 4.79 Å². The van der Waals surface area contributed by atoms with Gasteiger partial charge >= 0.3 is 12.4 Å². The second kappa shape index (κ2) is 7.08. The van der Waals surface area contributed by atoms with Crippen LogP contribution < -0.4 is 10.1 Å². The monoisotopic (exact) mass is 334 g/mol. The maximum atomic E-state index is 12.2. The van der Waals surface area contributed by atoms with Crippen LogP contribution in [0.5, 0.6) is 5.75 Å². The summed E-state index contributed by atoms with van der Waals surface area (Å²) in [5, 5.41) is 12.0. The molecule has 23 heavy (non-hydrogen) atoms. The van der Waals surface area contributed by atoms with Gasteiger partial charge in [0, 0.05) is 12.7 Å². The number of hydrogen-bond donors (Lipinski definition) is 2. The summed E-state index contributed by atoms with van der Waals surface area (Å²) in [6.45, 7) is 5.47. The van der Waals surface area contributed by atoms with Crippen LogP contribution in [-0.2, 0) is 0 Å². The predicted octanol–water partition coefficient (Wildman–Crippen LogP) is 3.46. The molecule has 8 heteroatoms. The van der Waals surface area contributed by atoms with E-state index in [1.165, 1.54) is 17.0 Å². The van der Waals surface area contributed by atoms with Crippen molar-refractivity contribution in [2.45, 2.75) is 33.2 Å². The Bertz CT molecular complexity index is 524. The minimum Gasteiger partial charge on any atom is -0.406 e. The van der Waals surface area contributed by atoms with E-state index in [9.17, 15) is 23.1 Å². The minimum atomic E-state index is -4.76. The van der Waals surface area contributed by atoms with Gasteiger partial charge in [0.15, 0.2) is 0 Å². The van der Waals surface area contributed by atoms with Gasteiger partial charge in [0.05, 0.1) is 12.6 Å². The minimum absolute atomic E-state index is 0.203. The number of benzene rings is 1. The maximum Gasteiger partial charge on any atom is 0.573 e. The van der Waals surface area contributed by atoms with Crippen molar-refractivity contribution in [3.63, 3.8) is 0 Å². The zero-order valence-corrected chi connectivity index (χ0v) is 13.4. The highest BCUT2D eigenvalue weighted by molar-refractivity contribution is 5.89. The average molecular weight is 334 g/mol. The van der Waals surface area contributed by atoms with Gasteiger partial charge in [0.25, 0.3) is 0 Å². The molecule has 0 spiro atoms. The molecular weight excluding hydrogens is 313 g/mol. The lowest BCUT2D eigenvalue weighted by atomic mass is 9.86. The van der Waals surface area contributed by atoms with Gasteiger partial charge in [0.2, 0.25) is 0 Å². The summed E-state index contributed by atoms with van der Waals surface area (Å²) >= 11 is 0. The van der Waals surface area contributed by atoms with Crippen molar-refractivity contribution >= 4 is 11.7 Å². The van der Waals surface area contributed by atoms with E-state index in [2.05, 4.69) is 10.1 Å².